The van der Waals surface area contributed by atoms with E-state index in [0.29, 0.717) is 13.2 Å². The summed E-state index contributed by atoms with van der Waals surface area (Å²) in [6, 6.07) is 14.0. The number of anilines is 1. The van der Waals surface area contributed by atoms with Gasteiger partial charge in [-0.15, -0.1) is 0 Å². The third-order valence-electron chi connectivity index (χ3n) is 5.99. The van der Waals surface area contributed by atoms with Crippen molar-refractivity contribution in [1.29, 1.82) is 0 Å². The van der Waals surface area contributed by atoms with Crippen molar-refractivity contribution in [1.82, 2.24) is 0 Å². The monoisotopic (exact) mass is 377 g/mol. The number of carbonyl (C=O) groups excluding carboxylic acids is 2. The third kappa shape index (κ3) is 2.42. The average molecular weight is 377 g/mol. The first-order valence-corrected chi connectivity index (χ1v) is 9.83. The van der Waals surface area contributed by atoms with Crippen LogP contribution in [0.4, 0.5) is 5.69 Å². The van der Waals surface area contributed by atoms with Crippen molar-refractivity contribution >= 4 is 28.3 Å². The summed E-state index contributed by atoms with van der Waals surface area (Å²) < 4.78 is 11.7. The Morgan fingerprint density at radius 3 is 2.86 bits per heavy atom. The zero-order valence-corrected chi connectivity index (χ0v) is 16.0. The molecule has 2 saturated heterocycles. The second kappa shape index (κ2) is 6.17. The molecule has 3 aliphatic heterocycles. The van der Waals surface area contributed by atoms with Gasteiger partial charge < -0.3 is 14.4 Å². The molecule has 2 fully saturated rings. The Morgan fingerprint density at radius 1 is 1.25 bits per heavy atom. The SMILES string of the molecule is CC(C)COC(=O)C1[C@@H]2C=C[C@]3(CN(c4cccc5ccccc45)C(=O)[C@H]13)O2. The van der Waals surface area contributed by atoms with Crippen molar-refractivity contribution in [3.05, 3.63) is 54.6 Å². The summed E-state index contributed by atoms with van der Waals surface area (Å²) in [5, 5.41) is 2.10. The van der Waals surface area contributed by atoms with Crippen LogP contribution in [0.3, 0.4) is 0 Å². The van der Waals surface area contributed by atoms with E-state index in [2.05, 4.69) is 0 Å². The van der Waals surface area contributed by atoms with Gasteiger partial charge in [0, 0.05) is 5.39 Å². The number of rotatable bonds is 4. The molecule has 5 heteroatoms. The van der Waals surface area contributed by atoms with Gasteiger partial charge in [0.1, 0.15) is 11.5 Å². The van der Waals surface area contributed by atoms with Crippen LogP contribution in [-0.2, 0) is 19.1 Å². The molecule has 28 heavy (non-hydrogen) atoms. The first kappa shape index (κ1) is 17.4. The van der Waals surface area contributed by atoms with Crippen molar-refractivity contribution < 1.29 is 19.1 Å². The smallest absolute Gasteiger partial charge is 0.312 e. The van der Waals surface area contributed by atoms with E-state index < -0.39 is 17.4 Å². The molecule has 1 amide bonds. The predicted octanol–water partition coefficient (Wildman–Crippen LogP) is 3.33. The molecular weight excluding hydrogens is 354 g/mol. The molecule has 4 atom stereocenters. The van der Waals surface area contributed by atoms with Crippen LogP contribution in [0.15, 0.2) is 54.6 Å². The second-order valence-corrected chi connectivity index (χ2v) is 8.35. The van der Waals surface area contributed by atoms with E-state index in [1.165, 1.54) is 0 Å². The van der Waals surface area contributed by atoms with Gasteiger partial charge >= 0.3 is 5.97 Å². The first-order chi connectivity index (χ1) is 13.5. The molecule has 2 aromatic rings. The largest absolute Gasteiger partial charge is 0.465 e. The van der Waals surface area contributed by atoms with Crippen molar-refractivity contribution in [2.45, 2.75) is 25.6 Å². The molecule has 0 N–H and O–H groups in total. The van der Waals surface area contributed by atoms with Crippen LogP contribution in [0.1, 0.15) is 13.8 Å². The lowest BCUT2D eigenvalue weighted by Gasteiger charge is -2.23. The van der Waals surface area contributed by atoms with Crippen molar-refractivity contribution in [3.8, 4) is 0 Å². The predicted molar refractivity (Wildman–Crippen MR) is 106 cm³/mol. The summed E-state index contributed by atoms with van der Waals surface area (Å²) in [5.41, 5.74) is 0.127. The molecular formula is C23H23NO4. The van der Waals surface area contributed by atoms with Crippen LogP contribution in [0.25, 0.3) is 10.8 Å². The zero-order chi connectivity index (χ0) is 19.5. The lowest BCUT2D eigenvalue weighted by molar-refractivity contribution is -0.153. The van der Waals surface area contributed by atoms with E-state index in [0.717, 1.165) is 16.5 Å². The third-order valence-corrected chi connectivity index (χ3v) is 5.99. The van der Waals surface area contributed by atoms with Crippen LogP contribution in [-0.4, -0.2) is 36.7 Å². The van der Waals surface area contributed by atoms with Crippen molar-refractivity contribution in [3.63, 3.8) is 0 Å². The minimum absolute atomic E-state index is 0.0605. The highest BCUT2D eigenvalue weighted by Crippen LogP contribution is 2.53. The highest BCUT2D eigenvalue weighted by molar-refractivity contribution is 6.08. The minimum atomic E-state index is -0.736. The van der Waals surface area contributed by atoms with E-state index >= 15 is 0 Å². The average Bonchev–Trinajstić information content (AvgIpc) is 3.34. The number of benzene rings is 2. The van der Waals surface area contributed by atoms with Gasteiger partial charge in [0.05, 0.1) is 30.9 Å². The Morgan fingerprint density at radius 2 is 2.04 bits per heavy atom. The quantitative estimate of drug-likeness (QED) is 0.606. The Labute approximate surface area is 163 Å². The van der Waals surface area contributed by atoms with Gasteiger partial charge in [0.25, 0.3) is 0 Å². The summed E-state index contributed by atoms with van der Waals surface area (Å²) in [4.78, 5) is 28.0. The lowest BCUT2D eigenvalue weighted by atomic mass is 9.77. The maximum atomic E-state index is 13.5. The van der Waals surface area contributed by atoms with Crippen LogP contribution in [0.2, 0.25) is 0 Å². The Kier molecular flexibility index (Phi) is 3.85. The van der Waals surface area contributed by atoms with E-state index in [9.17, 15) is 9.59 Å². The van der Waals surface area contributed by atoms with Gasteiger partial charge in [-0.2, -0.15) is 0 Å². The molecule has 3 aliphatic rings. The number of hydrogen-bond acceptors (Lipinski definition) is 4. The van der Waals surface area contributed by atoms with Crippen molar-refractivity contribution in [2.75, 3.05) is 18.1 Å². The van der Waals surface area contributed by atoms with Crippen LogP contribution in [0.5, 0.6) is 0 Å². The fourth-order valence-electron chi connectivity index (χ4n) is 4.76. The topological polar surface area (TPSA) is 55.8 Å². The molecule has 0 saturated carbocycles. The highest BCUT2D eigenvalue weighted by Gasteiger charge is 2.67. The van der Waals surface area contributed by atoms with Gasteiger partial charge in [-0.05, 0) is 17.4 Å². The number of amides is 1. The summed E-state index contributed by atoms with van der Waals surface area (Å²) in [6.07, 6.45) is 3.51. The fraction of sp³-hybridized carbons (Fsp3) is 0.391. The first-order valence-electron chi connectivity index (χ1n) is 9.83. The summed E-state index contributed by atoms with van der Waals surface area (Å²) in [7, 11) is 0. The van der Waals surface area contributed by atoms with E-state index in [1.54, 1.807) is 4.90 Å². The van der Waals surface area contributed by atoms with Crippen LogP contribution < -0.4 is 4.90 Å². The molecule has 1 unspecified atom stereocenters. The van der Waals surface area contributed by atoms with E-state index in [-0.39, 0.29) is 23.9 Å². The molecule has 5 nitrogen and oxygen atoms in total. The Balaban J connectivity index is 1.50. The maximum Gasteiger partial charge on any atom is 0.312 e. The minimum Gasteiger partial charge on any atom is -0.465 e. The standard InChI is InChI=1S/C23H23NO4/c1-14(2)12-27-22(26)19-18-10-11-23(28-18)13-24(21(25)20(19)23)17-9-5-7-15-6-3-4-8-16(15)17/h3-11,14,18-20H,12-13H2,1-2H3/t18-,19?,20-,23+/m0/s1. The summed E-state index contributed by atoms with van der Waals surface area (Å²) >= 11 is 0. The fourth-order valence-corrected chi connectivity index (χ4v) is 4.76. The van der Waals surface area contributed by atoms with Crippen LogP contribution in [0, 0.1) is 17.8 Å². The van der Waals surface area contributed by atoms with E-state index in [4.69, 9.17) is 9.47 Å². The molecule has 2 aromatic carbocycles. The number of fused-ring (bicyclic) bond motifs is 2. The Bertz CT molecular complexity index is 992. The van der Waals surface area contributed by atoms with Gasteiger partial charge in [-0.3, -0.25) is 9.59 Å². The van der Waals surface area contributed by atoms with E-state index in [1.807, 2.05) is 68.5 Å². The zero-order valence-electron chi connectivity index (χ0n) is 16.0. The second-order valence-electron chi connectivity index (χ2n) is 8.35. The molecule has 3 heterocycles. The molecule has 5 rings (SSSR count). The number of esters is 1. The summed E-state index contributed by atoms with van der Waals surface area (Å²) in [5.74, 6) is -1.24. The molecule has 0 radical (unpaired) electrons. The number of carbonyl (C=O) groups is 2. The normalized spacial score (nSPS) is 30.5. The number of ether oxygens (including phenoxy) is 2. The molecule has 0 aromatic heterocycles. The molecule has 0 aliphatic carbocycles. The molecule has 144 valence electrons. The highest BCUT2D eigenvalue weighted by atomic mass is 16.6. The Hall–Kier alpha value is -2.66. The molecule has 1 spiro atoms. The maximum absolute atomic E-state index is 13.5. The number of hydrogen-bond donors (Lipinski definition) is 0. The van der Waals surface area contributed by atoms with Crippen LogP contribution >= 0.6 is 0 Å². The van der Waals surface area contributed by atoms with Gasteiger partial charge in [-0.25, -0.2) is 0 Å². The van der Waals surface area contributed by atoms with Crippen molar-refractivity contribution in [2.24, 2.45) is 17.8 Å². The van der Waals surface area contributed by atoms with Gasteiger partial charge in [-0.1, -0.05) is 62.4 Å². The summed E-state index contributed by atoms with van der Waals surface area (Å²) in [6.45, 7) is 4.77. The van der Waals surface area contributed by atoms with Gasteiger partial charge in [0.15, 0.2) is 0 Å². The molecule has 2 bridgehead atoms. The lowest BCUT2D eigenvalue weighted by Crippen LogP contribution is -2.40. The number of nitrogens with zero attached hydrogens (tertiary/aromatic N) is 1. The van der Waals surface area contributed by atoms with Gasteiger partial charge in [0.2, 0.25) is 5.91 Å².